The fourth-order valence-corrected chi connectivity index (χ4v) is 2.90. The van der Waals surface area contributed by atoms with Gasteiger partial charge in [-0.2, -0.15) is 0 Å². The van der Waals surface area contributed by atoms with E-state index in [0.29, 0.717) is 12.3 Å². The van der Waals surface area contributed by atoms with Crippen molar-refractivity contribution in [3.8, 4) is 0 Å². The third-order valence-corrected chi connectivity index (χ3v) is 4.62. The van der Waals surface area contributed by atoms with E-state index in [1.807, 2.05) is 6.92 Å². The molecule has 3 nitrogen and oxygen atoms in total. The van der Waals surface area contributed by atoms with E-state index in [4.69, 9.17) is 0 Å². The Morgan fingerprint density at radius 3 is 2.57 bits per heavy atom. The Bertz CT molecular complexity index is 308. The zero-order valence-electron chi connectivity index (χ0n) is 9.02. The summed E-state index contributed by atoms with van der Waals surface area (Å²) in [6, 6.07) is 0. The molecule has 0 aromatic heterocycles. The molecule has 14 heavy (non-hydrogen) atoms. The second-order valence-electron chi connectivity index (χ2n) is 5.37. The van der Waals surface area contributed by atoms with Gasteiger partial charge in [0.25, 0.3) is 0 Å². The van der Waals surface area contributed by atoms with Crippen molar-refractivity contribution < 1.29 is 9.59 Å². The van der Waals surface area contributed by atoms with Gasteiger partial charge in [0.05, 0.1) is 5.41 Å². The number of carbonyl (C=O) groups excluding carboxylic acids is 2. The van der Waals surface area contributed by atoms with Crippen LogP contribution in [0.5, 0.6) is 0 Å². The fraction of sp³-hybridized carbons (Fsp3) is 0.818. The lowest BCUT2D eigenvalue weighted by molar-refractivity contribution is -0.137. The maximum absolute atomic E-state index is 11.9. The van der Waals surface area contributed by atoms with Crippen LogP contribution in [-0.4, -0.2) is 11.8 Å². The van der Waals surface area contributed by atoms with E-state index in [1.165, 1.54) is 0 Å². The maximum Gasteiger partial charge on any atom is 0.233 e. The zero-order chi connectivity index (χ0) is 10.6. The van der Waals surface area contributed by atoms with Crippen LogP contribution in [0.3, 0.4) is 0 Å². The van der Waals surface area contributed by atoms with Gasteiger partial charge in [0, 0.05) is 6.42 Å². The van der Waals surface area contributed by atoms with Gasteiger partial charge in [-0.1, -0.05) is 20.8 Å². The lowest BCUT2D eigenvalue weighted by Gasteiger charge is -2.37. The van der Waals surface area contributed by atoms with Crippen LogP contribution in [0.25, 0.3) is 0 Å². The summed E-state index contributed by atoms with van der Waals surface area (Å²) in [5.41, 5.74) is -0.410. The topological polar surface area (TPSA) is 46.2 Å². The molecular weight excluding hydrogens is 178 g/mol. The summed E-state index contributed by atoms with van der Waals surface area (Å²) in [6.45, 7) is 6.21. The van der Waals surface area contributed by atoms with Crippen molar-refractivity contribution in [2.75, 3.05) is 0 Å². The van der Waals surface area contributed by atoms with Crippen molar-refractivity contribution in [2.45, 2.75) is 40.0 Å². The molecule has 0 aromatic rings. The predicted octanol–water partition coefficient (Wildman–Crippen LogP) is 1.48. The molecule has 3 heteroatoms. The summed E-state index contributed by atoms with van der Waals surface area (Å²) in [5.74, 6) is 0.183. The van der Waals surface area contributed by atoms with Gasteiger partial charge < -0.3 is 0 Å². The minimum absolute atomic E-state index is 0.0523. The van der Waals surface area contributed by atoms with Crippen molar-refractivity contribution in [3.05, 3.63) is 0 Å². The molecule has 0 aromatic carbocycles. The molecule has 0 radical (unpaired) electrons. The van der Waals surface area contributed by atoms with Crippen LogP contribution in [0.15, 0.2) is 0 Å². The van der Waals surface area contributed by atoms with Gasteiger partial charge in [-0.15, -0.1) is 0 Å². The van der Waals surface area contributed by atoms with Gasteiger partial charge in [0.2, 0.25) is 11.8 Å². The Morgan fingerprint density at radius 2 is 1.93 bits per heavy atom. The van der Waals surface area contributed by atoms with Gasteiger partial charge in [-0.3, -0.25) is 14.9 Å². The number of rotatable bonds is 0. The number of amides is 2. The maximum atomic E-state index is 11.9. The highest BCUT2D eigenvalue weighted by Gasteiger charge is 2.57. The summed E-state index contributed by atoms with van der Waals surface area (Å²) >= 11 is 0. The summed E-state index contributed by atoms with van der Waals surface area (Å²) in [6.07, 6.45) is 2.42. The predicted molar refractivity (Wildman–Crippen MR) is 52.4 cm³/mol. The van der Waals surface area contributed by atoms with Crippen molar-refractivity contribution in [2.24, 2.45) is 16.7 Å². The van der Waals surface area contributed by atoms with Gasteiger partial charge >= 0.3 is 0 Å². The highest BCUT2D eigenvalue weighted by Crippen LogP contribution is 2.58. The first-order chi connectivity index (χ1) is 6.38. The number of carbonyl (C=O) groups is 2. The average Bonchev–Trinajstić information content (AvgIpc) is 2.25. The van der Waals surface area contributed by atoms with E-state index >= 15 is 0 Å². The molecule has 1 N–H and O–H groups in total. The Balaban J connectivity index is 2.47. The third kappa shape index (κ3) is 0.983. The lowest BCUT2D eigenvalue weighted by atomic mass is 9.65. The molecule has 2 bridgehead atoms. The van der Waals surface area contributed by atoms with Crippen molar-refractivity contribution >= 4 is 11.8 Å². The van der Waals surface area contributed by atoms with Crippen LogP contribution in [0.1, 0.15) is 40.0 Å². The van der Waals surface area contributed by atoms with Crippen molar-refractivity contribution in [1.82, 2.24) is 5.32 Å². The molecular formula is C11H17NO2. The number of imide groups is 1. The second kappa shape index (κ2) is 2.59. The number of nitrogens with one attached hydrogen (secondary N) is 1. The van der Waals surface area contributed by atoms with Crippen LogP contribution in [-0.2, 0) is 9.59 Å². The van der Waals surface area contributed by atoms with E-state index in [2.05, 4.69) is 19.2 Å². The first-order valence-corrected chi connectivity index (χ1v) is 5.22. The van der Waals surface area contributed by atoms with Gasteiger partial charge in [0.1, 0.15) is 0 Å². The number of hydrogen-bond acceptors (Lipinski definition) is 2. The Kier molecular flexibility index (Phi) is 1.79. The standard InChI is InChI=1S/C11H17NO2/c1-10(2)7-4-5-11(10,3)9(14)12-8(13)6-7/h7H,4-6H2,1-3H3,(H,12,13,14)/t7-,11+/m0/s1. The SMILES string of the molecule is CC1(C)[C@H]2CC[C@]1(C)C(=O)NC(=O)C2. The minimum Gasteiger partial charge on any atom is -0.296 e. The molecule has 1 saturated carbocycles. The minimum atomic E-state index is -0.357. The fourth-order valence-electron chi connectivity index (χ4n) is 2.90. The normalized spacial score (nSPS) is 40.6. The average molecular weight is 195 g/mol. The smallest absolute Gasteiger partial charge is 0.233 e. The van der Waals surface area contributed by atoms with E-state index in [-0.39, 0.29) is 22.6 Å². The second-order valence-corrected chi connectivity index (χ2v) is 5.37. The number of hydrogen-bond donors (Lipinski definition) is 1. The molecule has 2 rings (SSSR count). The first-order valence-electron chi connectivity index (χ1n) is 5.22. The quantitative estimate of drug-likeness (QED) is 0.595. The molecule has 0 unspecified atom stereocenters. The van der Waals surface area contributed by atoms with Crippen LogP contribution < -0.4 is 5.32 Å². The van der Waals surface area contributed by atoms with Crippen LogP contribution in [0, 0.1) is 16.7 Å². The zero-order valence-corrected chi connectivity index (χ0v) is 9.02. The Labute approximate surface area is 84.2 Å². The molecule has 1 saturated heterocycles. The van der Waals surface area contributed by atoms with Gasteiger partial charge in [0.15, 0.2) is 0 Å². The van der Waals surface area contributed by atoms with Gasteiger partial charge in [-0.05, 0) is 24.2 Å². The van der Waals surface area contributed by atoms with Crippen LogP contribution >= 0.6 is 0 Å². The molecule has 2 amide bonds. The molecule has 1 aliphatic heterocycles. The molecule has 2 fully saturated rings. The first kappa shape index (κ1) is 9.69. The molecule has 0 spiro atoms. The van der Waals surface area contributed by atoms with Crippen molar-refractivity contribution in [3.63, 3.8) is 0 Å². The molecule has 78 valence electrons. The van der Waals surface area contributed by atoms with E-state index in [1.54, 1.807) is 0 Å². The molecule has 1 heterocycles. The summed E-state index contributed by atoms with van der Waals surface area (Å²) in [5, 5.41) is 2.49. The lowest BCUT2D eigenvalue weighted by Crippen LogP contribution is -2.45. The summed E-state index contributed by atoms with van der Waals surface area (Å²) in [4.78, 5) is 23.3. The van der Waals surface area contributed by atoms with Crippen LogP contribution in [0.4, 0.5) is 0 Å². The molecule has 2 aliphatic rings. The van der Waals surface area contributed by atoms with Crippen molar-refractivity contribution in [1.29, 1.82) is 0 Å². The summed E-state index contributed by atoms with van der Waals surface area (Å²) < 4.78 is 0. The highest BCUT2D eigenvalue weighted by molar-refractivity contribution is 5.99. The van der Waals surface area contributed by atoms with Crippen LogP contribution in [0.2, 0.25) is 0 Å². The Hall–Kier alpha value is -0.860. The molecule has 1 aliphatic carbocycles. The highest BCUT2D eigenvalue weighted by atomic mass is 16.2. The van der Waals surface area contributed by atoms with Gasteiger partial charge in [-0.25, -0.2) is 0 Å². The Morgan fingerprint density at radius 1 is 1.29 bits per heavy atom. The number of fused-ring (bicyclic) bond motifs is 2. The van der Waals surface area contributed by atoms with E-state index in [0.717, 1.165) is 12.8 Å². The van der Waals surface area contributed by atoms with E-state index < -0.39 is 0 Å². The third-order valence-electron chi connectivity index (χ3n) is 4.62. The monoisotopic (exact) mass is 195 g/mol. The van der Waals surface area contributed by atoms with E-state index in [9.17, 15) is 9.59 Å². The largest absolute Gasteiger partial charge is 0.296 e. The molecule has 2 atom stereocenters. The summed E-state index contributed by atoms with van der Waals surface area (Å²) in [7, 11) is 0.